The van der Waals surface area contributed by atoms with E-state index in [1.807, 2.05) is 19.1 Å². The topological polar surface area (TPSA) is 41.6 Å². The molecule has 0 saturated carbocycles. The van der Waals surface area contributed by atoms with Crippen molar-refractivity contribution in [1.29, 1.82) is 0 Å². The van der Waals surface area contributed by atoms with Gasteiger partial charge in [-0.2, -0.15) is 0 Å². The van der Waals surface area contributed by atoms with Crippen LogP contribution in [0.15, 0.2) is 27.6 Å². The van der Waals surface area contributed by atoms with E-state index in [2.05, 4.69) is 38.8 Å². The maximum absolute atomic E-state index is 12.2. The van der Waals surface area contributed by atoms with Gasteiger partial charge in [-0.3, -0.25) is 9.69 Å². The van der Waals surface area contributed by atoms with Crippen LogP contribution in [0.25, 0.3) is 0 Å². The van der Waals surface area contributed by atoms with Crippen LogP contribution in [-0.4, -0.2) is 49.7 Å². The molecule has 6 heteroatoms. The Kier molecular flexibility index (Phi) is 5.89. The van der Waals surface area contributed by atoms with Crippen LogP contribution in [0.5, 0.6) is 0 Å². The molecule has 1 aliphatic heterocycles. The van der Waals surface area contributed by atoms with Gasteiger partial charge in [0.05, 0.1) is 18.8 Å². The predicted octanol–water partition coefficient (Wildman–Crippen LogP) is 2.19. The SMILES string of the molecule is CC(CN1CCOCC1)NC(=O)c1ccc(Br)cc1S. The molecular weight excluding hydrogens is 340 g/mol. The molecule has 2 rings (SSSR count). The molecule has 0 aromatic heterocycles. The number of nitrogens with zero attached hydrogens (tertiary/aromatic N) is 1. The van der Waals surface area contributed by atoms with Gasteiger partial charge in [0.2, 0.25) is 0 Å². The number of amides is 1. The summed E-state index contributed by atoms with van der Waals surface area (Å²) in [7, 11) is 0. The summed E-state index contributed by atoms with van der Waals surface area (Å²) < 4.78 is 6.23. The first-order valence-corrected chi connectivity index (χ1v) is 7.90. The zero-order chi connectivity index (χ0) is 14.5. The fourth-order valence-corrected chi connectivity index (χ4v) is 3.07. The van der Waals surface area contributed by atoms with Crippen LogP contribution in [0.3, 0.4) is 0 Å². The monoisotopic (exact) mass is 358 g/mol. The van der Waals surface area contributed by atoms with Crippen molar-refractivity contribution < 1.29 is 9.53 Å². The molecule has 1 aliphatic rings. The third kappa shape index (κ3) is 4.48. The van der Waals surface area contributed by atoms with Crippen LogP contribution >= 0.6 is 28.6 Å². The molecule has 1 atom stereocenters. The second-order valence-corrected chi connectivity index (χ2v) is 6.35. The van der Waals surface area contributed by atoms with Crippen LogP contribution in [0.2, 0.25) is 0 Å². The van der Waals surface area contributed by atoms with Crippen LogP contribution in [0.1, 0.15) is 17.3 Å². The molecule has 1 aromatic carbocycles. The molecule has 20 heavy (non-hydrogen) atoms. The van der Waals surface area contributed by atoms with Gasteiger partial charge in [0, 0.05) is 35.0 Å². The molecule has 0 spiro atoms. The largest absolute Gasteiger partial charge is 0.379 e. The van der Waals surface area contributed by atoms with Gasteiger partial charge in [0.15, 0.2) is 0 Å². The Morgan fingerprint density at radius 2 is 2.20 bits per heavy atom. The van der Waals surface area contributed by atoms with Crippen LogP contribution in [0, 0.1) is 0 Å². The van der Waals surface area contributed by atoms with Gasteiger partial charge in [-0.05, 0) is 25.1 Å². The number of carbonyl (C=O) groups excluding carboxylic acids is 1. The molecule has 4 nitrogen and oxygen atoms in total. The fourth-order valence-electron chi connectivity index (χ4n) is 2.22. The number of carbonyl (C=O) groups is 1. The minimum Gasteiger partial charge on any atom is -0.379 e. The van der Waals surface area contributed by atoms with Crippen molar-refractivity contribution in [3.8, 4) is 0 Å². The van der Waals surface area contributed by atoms with E-state index < -0.39 is 0 Å². The summed E-state index contributed by atoms with van der Waals surface area (Å²) in [6.45, 7) is 6.26. The number of rotatable bonds is 4. The van der Waals surface area contributed by atoms with E-state index in [0.717, 1.165) is 37.3 Å². The second-order valence-electron chi connectivity index (χ2n) is 4.95. The van der Waals surface area contributed by atoms with E-state index >= 15 is 0 Å². The molecule has 1 aromatic rings. The number of hydrogen-bond donors (Lipinski definition) is 2. The molecular formula is C14H19BrN2O2S. The van der Waals surface area contributed by atoms with Crippen LogP contribution < -0.4 is 5.32 Å². The lowest BCUT2D eigenvalue weighted by molar-refractivity contribution is 0.0342. The Morgan fingerprint density at radius 1 is 1.50 bits per heavy atom. The Balaban J connectivity index is 1.89. The zero-order valence-electron chi connectivity index (χ0n) is 11.4. The molecule has 1 amide bonds. The predicted molar refractivity (Wildman–Crippen MR) is 85.6 cm³/mol. The van der Waals surface area contributed by atoms with Crippen molar-refractivity contribution in [1.82, 2.24) is 10.2 Å². The highest BCUT2D eigenvalue weighted by Gasteiger charge is 2.17. The molecule has 0 aliphatic carbocycles. The number of halogens is 1. The van der Waals surface area contributed by atoms with Crippen molar-refractivity contribution in [2.75, 3.05) is 32.8 Å². The zero-order valence-corrected chi connectivity index (χ0v) is 13.9. The number of thiol groups is 1. The van der Waals surface area contributed by atoms with Gasteiger partial charge in [-0.25, -0.2) is 0 Å². The molecule has 1 unspecified atom stereocenters. The van der Waals surface area contributed by atoms with Gasteiger partial charge in [-0.1, -0.05) is 15.9 Å². The maximum Gasteiger partial charge on any atom is 0.252 e. The van der Waals surface area contributed by atoms with Crippen molar-refractivity contribution in [3.63, 3.8) is 0 Å². The van der Waals surface area contributed by atoms with E-state index in [0.29, 0.717) is 10.5 Å². The number of ether oxygens (including phenoxy) is 1. The van der Waals surface area contributed by atoms with Crippen LogP contribution in [-0.2, 0) is 4.74 Å². The summed E-state index contributed by atoms with van der Waals surface area (Å²) in [5.41, 5.74) is 0.602. The first-order valence-electron chi connectivity index (χ1n) is 6.66. The molecule has 0 radical (unpaired) electrons. The normalized spacial score (nSPS) is 17.8. The maximum atomic E-state index is 12.2. The van der Waals surface area contributed by atoms with Gasteiger partial charge in [0.25, 0.3) is 5.91 Å². The summed E-state index contributed by atoms with van der Waals surface area (Å²) in [6, 6.07) is 5.55. The smallest absolute Gasteiger partial charge is 0.252 e. The average molecular weight is 359 g/mol. The average Bonchev–Trinajstić information content (AvgIpc) is 2.39. The lowest BCUT2D eigenvalue weighted by Gasteiger charge is -2.29. The standard InChI is InChI=1S/C14H19BrN2O2S/c1-10(9-17-4-6-19-7-5-17)16-14(18)12-3-2-11(15)8-13(12)20/h2-3,8,10,20H,4-7,9H2,1H3,(H,16,18). The fraction of sp³-hybridized carbons (Fsp3) is 0.500. The van der Waals surface area contributed by atoms with E-state index in [9.17, 15) is 4.79 Å². The number of hydrogen-bond acceptors (Lipinski definition) is 4. The highest BCUT2D eigenvalue weighted by atomic mass is 79.9. The Morgan fingerprint density at radius 3 is 2.85 bits per heavy atom. The minimum atomic E-state index is -0.0803. The molecule has 110 valence electrons. The minimum absolute atomic E-state index is 0.0803. The molecule has 1 heterocycles. The Labute approximate surface area is 133 Å². The number of benzene rings is 1. The van der Waals surface area contributed by atoms with Gasteiger partial charge < -0.3 is 10.1 Å². The summed E-state index contributed by atoms with van der Waals surface area (Å²) in [5, 5.41) is 3.02. The lowest BCUT2D eigenvalue weighted by Crippen LogP contribution is -2.46. The first-order chi connectivity index (χ1) is 9.56. The molecule has 1 fully saturated rings. The highest BCUT2D eigenvalue weighted by molar-refractivity contribution is 9.10. The van der Waals surface area contributed by atoms with E-state index in [1.165, 1.54) is 0 Å². The number of morpholine rings is 1. The second kappa shape index (κ2) is 7.45. The first kappa shape index (κ1) is 15.8. The Bertz CT molecular complexity index is 478. The third-order valence-corrected chi connectivity index (χ3v) is 4.08. The van der Waals surface area contributed by atoms with Crippen molar-refractivity contribution in [3.05, 3.63) is 28.2 Å². The van der Waals surface area contributed by atoms with Crippen molar-refractivity contribution in [2.45, 2.75) is 17.9 Å². The van der Waals surface area contributed by atoms with Crippen molar-refractivity contribution in [2.24, 2.45) is 0 Å². The molecule has 1 saturated heterocycles. The Hall–Kier alpha value is -0.560. The quantitative estimate of drug-likeness (QED) is 0.810. The summed E-state index contributed by atoms with van der Waals surface area (Å²) in [6.07, 6.45) is 0. The third-order valence-electron chi connectivity index (χ3n) is 3.22. The van der Waals surface area contributed by atoms with E-state index in [1.54, 1.807) is 6.07 Å². The summed E-state index contributed by atoms with van der Waals surface area (Å²) in [4.78, 5) is 15.2. The number of nitrogens with one attached hydrogen (secondary N) is 1. The van der Waals surface area contributed by atoms with Crippen molar-refractivity contribution >= 4 is 34.5 Å². The highest BCUT2D eigenvalue weighted by Crippen LogP contribution is 2.19. The van der Waals surface area contributed by atoms with Crippen LogP contribution in [0.4, 0.5) is 0 Å². The summed E-state index contributed by atoms with van der Waals surface area (Å²) in [5.74, 6) is -0.0803. The summed E-state index contributed by atoms with van der Waals surface area (Å²) >= 11 is 7.71. The molecule has 1 N–H and O–H groups in total. The van der Waals surface area contributed by atoms with Gasteiger partial charge >= 0.3 is 0 Å². The van der Waals surface area contributed by atoms with E-state index in [-0.39, 0.29) is 11.9 Å². The molecule has 0 bridgehead atoms. The van der Waals surface area contributed by atoms with Gasteiger partial charge in [-0.15, -0.1) is 12.6 Å². The lowest BCUT2D eigenvalue weighted by atomic mass is 10.2. The van der Waals surface area contributed by atoms with Gasteiger partial charge in [0.1, 0.15) is 0 Å². The van der Waals surface area contributed by atoms with E-state index in [4.69, 9.17) is 4.74 Å².